The molecule has 6 heteroatoms. The molecule has 43 heavy (non-hydrogen) atoms. The number of methoxy groups -OCH3 is 1. The van der Waals surface area contributed by atoms with E-state index in [-0.39, 0.29) is 17.9 Å². The molecule has 3 aromatic rings. The molecule has 3 aliphatic rings. The minimum atomic E-state index is 0.0516. The van der Waals surface area contributed by atoms with Crippen molar-refractivity contribution < 1.29 is 14.3 Å². The molecule has 5 nitrogen and oxygen atoms in total. The Morgan fingerprint density at radius 3 is 2.47 bits per heavy atom. The van der Waals surface area contributed by atoms with Gasteiger partial charge in [-0.05, 0) is 118 Å². The second-order valence-corrected chi connectivity index (χ2v) is 13.9. The molecule has 1 amide bonds. The zero-order chi connectivity index (χ0) is 29.8. The van der Waals surface area contributed by atoms with Crippen LogP contribution in [0.1, 0.15) is 92.2 Å². The molecule has 3 fully saturated rings. The average molecular weight is 599 g/mol. The first-order chi connectivity index (χ1) is 21.0. The zero-order valence-corrected chi connectivity index (χ0v) is 26.6. The second-order valence-electron chi connectivity index (χ2n) is 12.9. The third-order valence-corrected chi connectivity index (χ3v) is 11.0. The van der Waals surface area contributed by atoms with Crippen LogP contribution in [0.15, 0.2) is 61.3 Å². The van der Waals surface area contributed by atoms with Crippen LogP contribution >= 0.6 is 11.3 Å². The number of anilines is 1. The smallest absolute Gasteiger partial charge is 0.230 e. The fourth-order valence-corrected chi connectivity index (χ4v) is 8.17. The lowest BCUT2D eigenvalue weighted by Crippen LogP contribution is -2.42. The number of hydrogen-bond acceptors (Lipinski definition) is 5. The fourth-order valence-electron chi connectivity index (χ4n) is 7.08. The van der Waals surface area contributed by atoms with Crippen LogP contribution in [-0.4, -0.2) is 37.3 Å². The summed E-state index contributed by atoms with van der Waals surface area (Å²) < 4.78 is 11.4. The maximum absolute atomic E-state index is 14.3. The van der Waals surface area contributed by atoms with Crippen molar-refractivity contribution in [2.24, 2.45) is 11.8 Å². The summed E-state index contributed by atoms with van der Waals surface area (Å²) in [5.74, 6) is 3.03. The number of hydrogen-bond donors (Lipinski definition) is 0. The van der Waals surface area contributed by atoms with Crippen LogP contribution in [-0.2, 0) is 9.53 Å². The summed E-state index contributed by atoms with van der Waals surface area (Å²) in [6.07, 6.45) is 14.9. The summed E-state index contributed by atoms with van der Waals surface area (Å²) in [7, 11) is 1.74. The van der Waals surface area contributed by atoms with Gasteiger partial charge in [0.2, 0.25) is 5.91 Å². The van der Waals surface area contributed by atoms with Gasteiger partial charge in [0.1, 0.15) is 5.75 Å². The van der Waals surface area contributed by atoms with E-state index in [0.29, 0.717) is 24.4 Å². The van der Waals surface area contributed by atoms with Crippen LogP contribution in [0.25, 0.3) is 10.4 Å². The molecule has 0 radical (unpaired) electrons. The standard InChI is InChI=1S/C37H46N2O3S/c1-4-20-42-33-17-14-29(15-18-33)37(40)39(32-7-5-6-31(22-32)35-23-38-36(43-35)28-12-13-28)24-26-8-10-27(11-9-26)30-16-19-34(41-3)25(2)21-30/h4-7,16,19,21-23,26-29,33H,1,8-15,17-18,20,24H2,2-3H3/t26-,27-,29?,33?. The summed E-state index contributed by atoms with van der Waals surface area (Å²) >= 11 is 1.81. The van der Waals surface area contributed by atoms with E-state index >= 15 is 0 Å². The highest BCUT2D eigenvalue weighted by Crippen LogP contribution is 2.44. The van der Waals surface area contributed by atoms with Crippen molar-refractivity contribution in [1.29, 1.82) is 0 Å². The molecular formula is C37H46N2O3S. The van der Waals surface area contributed by atoms with Crippen molar-refractivity contribution in [1.82, 2.24) is 4.98 Å². The Morgan fingerprint density at radius 1 is 1.00 bits per heavy atom. The molecule has 0 saturated heterocycles. The van der Waals surface area contributed by atoms with E-state index in [0.717, 1.165) is 69.3 Å². The quantitative estimate of drug-likeness (QED) is 0.207. The third kappa shape index (κ3) is 7.24. The van der Waals surface area contributed by atoms with E-state index in [1.165, 1.54) is 39.4 Å². The highest BCUT2D eigenvalue weighted by molar-refractivity contribution is 7.15. The lowest BCUT2D eigenvalue weighted by molar-refractivity contribution is -0.124. The number of nitrogens with zero attached hydrogens (tertiary/aromatic N) is 2. The van der Waals surface area contributed by atoms with Gasteiger partial charge in [-0.2, -0.15) is 0 Å². The van der Waals surface area contributed by atoms with Crippen molar-refractivity contribution in [2.45, 2.75) is 89.1 Å². The number of aryl methyl sites for hydroxylation is 1. The minimum Gasteiger partial charge on any atom is -0.496 e. The first kappa shape index (κ1) is 30.1. The number of amides is 1. The van der Waals surface area contributed by atoms with E-state index in [9.17, 15) is 4.79 Å². The molecule has 0 atom stereocenters. The predicted octanol–water partition coefficient (Wildman–Crippen LogP) is 9.07. The normalized spacial score (nSPS) is 24.0. The number of rotatable bonds is 11. The summed E-state index contributed by atoms with van der Waals surface area (Å²) in [4.78, 5) is 22.3. The maximum atomic E-state index is 14.3. The first-order valence-corrected chi connectivity index (χ1v) is 17.1. The molecule has 6 rings (SSSR count). The Bertz CT molecular complexity index is 1400. The van der Waals surface area contributed by atoms with Crippen molar-refractivity contribution in [3.8, 4) is 16.2 Å². The van der Waals surface area contributed by atoms with Crippen LogP contribution in [0.4, 0.5) is 5.69 Å². The molecule has 0 unspecified atom stereocenters. The van der Waals surface area contributed by atoms with Gasteiger partial charge in [0.15, 0.2) is 0 Å². The molecule has 0 spiro atoms. The van der Waals surface area contributed by atoms with Gasteiger partial charge in [-0.15, -0.1) is 17.9 Å². The lowest BCUT2D eigenvalue weighted by Gasteiger charge is -2.36. The van der Waals surface area contributed by atoms with Crippen LogP contribution in [0.2, 0.25) is 0 Å². The number of thiazole rings is 1. The topological polar surface area (TPSA) is 51.7 Å². The van der Waals surface area contributed by atoms with Crippen LogP contribution in [0, 0.1) is 18.8 Å². The van der Waals surface area contributed by atoms with Crippen LogP contribution in [0.3, 0.4) is 0 Å². The number of ether oxygens (including phenoxy) is 2. The minimum absolute atomic E-state index is 0.0516. The van der Waals surface area contributed by atoms with Crippen LogP contribution < -0.4 is 9.64 Å². The van der Waals surface area contributed by atoms with Gasteiger partial charge in [-0.1, -0.05) is 30.3 Å². The van der Waals surface area contributed by atoms with Crippen molar-refractivity contribution in [3.05, 3.63) is 77.5 Å². The van der Waals surface area contributed by atoms with E-state index in [4.69, 9.17) is 14.5 Å². The van der Waals surface area contributed by atoms with Gasteiger partial charge in [-0.3, -0.25) is 4.79 Å². The molecule has 228 valence electrons. The van der Waals surface area contributed by atoms with E-state index in [2.05, 4.69) is 60.9 Å². The van der Waals surface area contributed by atoms with Crippen molar-refractivity contribution >= 4 is 22.9 Å². The molecule has 1 aromatic heterocycles. The van der Waals surface area contributed by atoms with Gasteiger partial charge in [-0.25, -0.2) is 4.98 Å². The third-order valence-electron chi connectivity index (χ3n) is 9.81. The fraction of sp³-hybridized carbons (Fsp3) is 0.514. The average Bonchev–Trinajstić information content (AvgIpc) is 3.78. The molecule has 0 bridgehead atoms. The maximum Gasteiger partial charge on any atom is 0.230 e. The number of carbonyl (C=O) groups is 1. The molecule has 0 aliphatic heterocycles. The highest BCUT2D eigenvalue weighted by Gasteiger charge is 2.33. The second kappa shape index (κ2) is 13.8. The highest BCUT2D eigenvalue weighted by atomic mass is 32.1. The predicted molar refractivity (Wildman–Crippen MR) is 176 cm³/mol. The van der Waals surface area contributed by atoms with Crippen molar-refractivity contribution in [3.63, 3.8) is 0 Å². The van der Waals surface area contributed by atoms with E-state index in [1.54, 1.807) is 7.11 Å². The number of carbonyl (C=O) groups excluding carboxylic acids is 1. The van der Waals surface area contributed by atoms with E-state index < -0.39 is 0 Å². The van der Waals surface area contributed by atoms with Gasteiger partial charge in [0.05, 0.1) is 29.7 Å². The van der Waals surface area contributed by atoms with Crippen LogP contribution in [0.5, 0.6) is 5.75 Å². The Morgan fingerprint density at radius 2 is 1.77 bits per heavy atom. The summed E-state index contributed by atoms with van der Waals surface area (Å²) in [6, 6.07) is 15.3. The summed E-state index contributed by atoms with van der Waals surface area (Å²) in [5, 5.41) is 1.26. The Hall–Kier alpha value is -2.96. The SMILES string of the molecule is C=CCOC1CCC(C(=O)N(C[C@H]2CC[C@H](c3ccc(OC)c(C)c3)CC2)c2cccc(-c3cnc(C4CC4)s3)c2)CC1. The molecule has 2 aromatic carbocycles. The number of aromatic nitrogens is 1. The largest absolute Gasteiger partial charge is 0.496 e. The zero-order valence-electron chi connectivity index (χ0n) is 25.8. The van der Waals surface area contributed by atoms with Gasteiger partial charge in [0, 0.05) is 30.3 Å². The van der Waals surface area contributed by atoms with Crippen molar-refractivity contribution in [2.75, 3.05) is 25.2 Å². The molecule has 3 saturated carbocycles. The van der Waals surface area contributed by atoms with Gasteiger partial charge >= 0.3 is 0 Å². The summed E-state index contributed by atoms with van der Waals surface area (Å²) in [6.45, 7) is 7.29. The first-order valence-electron chi connectivity index (χ1n) is 16.3. The Labute approximate surface area is 261 Å². The molecule has 1 heterocycles. The summed E-state index contributed by atoms with van der Waals surface area (Å²) in [5.41, 5.74) is 4.82. The lowest BCUT2D eigenvalue weighted by atomic mass is 9.78. The molecular weight excluding hydrogens is 552 g/mol. The monoisotopic (exact) mass is 598 g/mol. The Balaban J connectivity index is 1.17. The van der Waals surface area contributed by atoms with Gasteiger partial charge < -0.3 is 14.4 Å². The molecule has 3 aliphatic carbocycles. The Kier molecular flexibility index (Phi) is 9.64. The van der Waals surface area contributed by atoms with E-state index in [1.807, 2.05) is 23.6 Å². The number of benzene rings is 2. The molecule has 0 N–H and O–H groups in total. The van der Waals surface area contributed by atoms with Gasteiger partial charge in [0.25, 0.3) is 0 Å².